The van der Waals surface area contributed by atoms with Gasteiger partial charge in [0.05, 0.1) is 34.6 Å². The zero-order valence-corrected chi connectivity index (χ0v) is 15.0. The zero-order valence-electron chi connectivity index (χ0n) is 14.2. The highest BCUT2D eigenvalue weighted by Gasteiger charge is 2.30. The molecule has 0 aliphatic heterocycles. The summed E-state index contributed by atoms with van der Waals surface area (Å²) >= 11 is 1.51. The molecule has 3 rings (SSSR count). The van der Waals surface area contributed by atoms with Crippen LogP contribution in [0.2, 0.25) is 0 Å². The van der Waals surface area contributed by atoms with Crippen molar-refractivity contribution in [3.05, 3.63) is 59.1 Å². The van der Waals surface area contributed by atoms with Crippen LogP contribution in [0.1, 0.15) is 24.2 Å². The van der Waals surface area contributed by atoms with Crippen molar-refractivity contribution in [3.63, 3.8) is 0 Å². The number of aromatic nitrogens is 2. The number of halogens is 1. The lowest BCUT2D eigenvalue weighted by atomic mass is 10.1. The molecule has 0 bridgehead atoms. The Balaban J connectivity index is 1.95. The molecule has 0 spiro atoms. The maximum Gasteiger partial charge on any atom is 0.396 e. The average molecular weight is 373 g/mol. The monoisotopic (exact) mass is 373 g/mol. The molecule has 0 saturated carbocycles. The Morgan fingerprint density at radius 2 is 2.12 bits per heavy atom. The van der Waals surface area contributed by atoms with E-state index >= 15 is 0 Å². The summed E-state index contributed by atoms with van der Waals surface area (Å²) in [5.74, 6) is -2.41. The molecule has 0 fully saturated rings. The van der Waals surface area contributed by atoms with Crippen LogP contribution in [0, 0.1) is 5.82 Å². The average Bonchev–Trinajstić information content (AvgIpc) is 3.12. The second-order valence-corrected chi connectivity index (χ2v) is 6.51. The van der Waals surface area contributed by atoms with Crippen LogP contribution < -0.4 is 0 Å². The van der Waals surface area contributed by atoms with Crippen molar-refractivity contribution in [2.24, 2.45) is 0 Å². The number of esters is 1. The molecule has 0 aliphatic rings. The van der Waals surface area contributed by atoms with Gasteiger partial charge in [0.25, 0.3) is 0 Å². The van der Waals surface area contributed by atoms with Crippen LogP contribution in [-0.2, 0) is 20.9 Å². The van der Waals surface area contributed by atoms with Crippen molar-refractivity contribution in [3.8, 4) is 0 Å². The van der Waals surface area contributed by atoms with Crippen LogP contribution in [0.5, 0.6) is 0 Å². The number of carbonyl (C=O) groups is 2. The largest absolute Gasteiger partial charge is 0.462 e. The molecule has 0 radical (unpaired) electrons. The number of ether oxygens (including phenoxy) is 1. The molecule has 2 aromatic heterocycles. The van der Waals surface area contributed by atoms with Gasteiger partial charge in [0, 0.05) is 12.7 Å². The summed E-state index contributed by atoms with van der Waals surface area (Å²) in [6.45, 7) is 1.71. The van der Waals surface area contributed by atoms with E-state index in [0.29, 0.717) is 0 Å². The maximum absolute atomic E-state index is 14.1. The molecule has 0 aliphatic carbocycles. The van der Waals surface area contributed by atoms with E-state index in [1.54, 1.807) is 12.4 Å². The van der Waals surface area contributed by atoms with E-state index in [1.165, 1.54) is 34.6 Å². The lowest BCUT2D eigenvalue weighted by Crippen LogP contribution is -2.39. The van der Waals surface area contributed by atoms with Gasteiger partial charge >= 0.3 is 11.9 Å². The molecule has 0 unspecified atom stereocenters. The van der Waals surface area contributed by atoms with E-state index in [2.05, 4.69) is 14.7 Å². The number of fused-ring (bicyclic) bond motifs is 1. The van der Waals surface area contributed by atoms with Gasteiger partial charge < -0.3 is 9.64 Å². The van der Waals surface area contributed by atoms with E-state index in [1.807, 2.05) is 18.2 Å². The first-order valence-electron chi connectivity index (χ1n) is 7.82. The molecule has 2 heterocycles. The van der Waals surface area contributed by atoms with Gasteiger partial charge in [0.15, 0.2) is 0 Å². The Labute approximate surface area is 153 Å². The van der Waals surface area contributed by atoms with E-state index in [9.17, 15) is 14.0 Å². The van der Waals surface area contributed by atoms with Crippen LogP contribution in [-0.4, -0.2) is 33.9 Å². The molecule has 134 valence electrons. The quantitative estimate of drug-likeness (QED) is 0.519. The second-order valence-electron chi connectivity index (χ2n) is 5.63. The number of amides is 1. The molecule has 3 aromatic rings. The number of thiazole rings is 1. The first kappa shape index (κ1) is 17.9. The van der Waals surface area contributed by atoms with Crippen LogP contribution in [0.25, 0.3) is 10.2 Å². The molecule has 26 heavy (non-hydrogen) atoms. The Kier molecular flexibility index (Phi) is 5.22. The van der Waals surface area contributed by atoms with Crippen molar-refractivity contribution in [2.45, 2.75) is 19.5 Å². The van der Waals surface area contributed by atoms with Crippen molar-refractivity contribution >= 4 is 33.4 Å². The van der Waals surface area contributed by atoms with E-state index in [4.69, 9.17) is 0 Å². The highest BCUT2D eigenvalue weighted by atomic mass is 32.1. The standard InChI is InChI=1S/C18H16FN3O3S/c1-11(16-13(19)4-3-7-20-16)22(17(23)18(24)25-2)9-12-5-6-15-14(8-12)21-10-26-15/h3-8,10-11H,9H2,1-2H3/t11-/m1/s1. The predicted octanol–water partition coefficient (Wildman–Crippen LogP) is 3.09. The van der Waals surface area contributed by atoms with E-state index in [0.717, 1.165) is 22.9 Å². The Morgan fingerprint density at radius 3 is 2.85 bits per heavy atom. The van der Waals surface area contributed by atoms with Crippen LogP contribution in [0.15, 0.2) is 42.0 Å². The minimum atomic E-state index is -1.01. The van der Waals surface area contributed by atoms with E-state index in [-0.39, 0.29) is 12.2 Å². The van der Waals surface area contributed by atoms with Crippen LogP contribution >= 0.6 is 11.3 Å². The van der Waals surface area contributed by atoms with Gasteiger partial charge in [0.1, 0.15) is 5.82 Å². The maximum atomic E-state index is 14.1. The molecule has 1 amide bonds. The van der Waals surface area contributed by atoms with Crippen molar-refractivity contribution in [2.75, 3.05) is 7.11 Å². The van der Waals surface area contributed by atoms with Gasteiger partial charge in [-0.25, -0.2) is 14.2 Å². The molecule has 8 heteroatoms. The number of carbonyl (C=O) groups excluding carboxylic acids is 2. The molecule has 0 saturated heterocycles. The van der Waals surface area contributed by atoms with Gasteiger partial charge in [-0.2, -0.15) is 0 Å². The number of hydrogen-bond acceptors (Lipinski definition) is 6. The van der Waals surface area contributed by atoms with Crippen LogP contribution in [0.3, 0.4) is 0 Å². The van der Waals surface area contributed by atoms with Crippen molar-refractivity contribution in [1.82, 2.24) is 14.9 Å². The summed E-state index contributed by atoms with van der Waals surface area (Å²) in [4.78, 5) is 33.8. The smallest absolute Gasteiger partial charge is 0.396 e. The Hall–Kier alpha value is -2.87. The van der Waals surface area contributed by atoms with Crippen LogP contribution in [0.4, 0.5) is 4.39 Å². The second kappa shape index (κ2) is 7.57. The highest BCUT2D eigenvalue weighted by Crippen LogP contribution is 2.25. The molecular weight excluding hydrogens is 357 g/mol. The molecule has 6 nitrogen and oxygen atoms in total. The topological polar surface area (TPSA) is 72.4 Å². The molecular formula is C18H16FN3O3S. The Bertz CT molecular complexity index is 960. The SMILES string of the molecule is COC(=O)C(=O)N(Cc1ccc2scnc2c1)[C@H](C)c1ncccc1F. The van der Waals surface area contributed by atoms with Gasteiger partial charge in [0.2, 0.25) is 0 Å². The normalized spacial score (nSPS) is 12.0. The minimum absolute atomic E-state index is 0.0829. The van der Waals surface area contributed by atoms with Gasteiger partial charge in [-0.3, -0.25) is 9.78 Å². The molecule has 1 aromatic carbocycles. The van der Waals surface area contributed by atoms with Gasteiger partial charge in [-0.05, 0) is 36.8 Å². The number of benzene rings is 1. The van der Waals surface area contributed by atoms with Gasteiger partial charge in [-0.1, -0.05) is 6.07 Å². The third-order valence-electron chi connectivity index (χ3n) is 4.02. The predicted molar refractivity (Wildman–Crippen MR) is 94.8 cm³/mol. The summed E-state index contributed by atoms with van der Waals surface area (Å²) in [6, 6.07) is 7.56. The summed E-state index contributed by atoms with van der Waals surface area (Å²) in [5, 5.41) is 0. The lowest BCUT2D eigenvalue weighted by molar-refractivity contribution is -0.159. The first-order valence-corrected chi connectivity index (χ1v) is 8.70. The van der Waals surface area contributed by atoms with Crippen molar-refractivity contribution in [1.29, 1.82) is 0 Å². The Morgan fingerprint density at radius 1 is 1.31 bits per heavy atom. The number of nitrogens with zero attached hydrogens (tertiary/aromatic N) is 3. The fraction of sp³-hybridized carbons (Fsp3) is 0.222. The first-order chi connectivity index (χ1) is 12.5. The zero-order chi connectivity index (χ0) is 18.7. The number of methoxy groups -OCH3 is 1. The lowest BCUT2D eigenvalue weighted by Gasteiger charge is -2.28. The fourth-order valence-electron chi connectivity index (χ4n) is 2.64. The van der Waals surface area contributed by atoms with Gasteiger partial charge in [-0.15, -0.1) is 11.3 Å². The highest BCUT2D eigenvalue weighted by molar-refractivity contribution is 7.16. The number of pyridine rings is 1. The third kappa shape index (κ3) is 3.55. The summed E-state index contributed by atoms with van der Waals surface area (Å²) in [7, 11) is 1.13. The third-order valence-corrected chi connectivity index (χ3v) is 4.83. The fourth-order valence-corrected chi connectivity index (χ4v) is 3.30. The molecule has 1 atom stereocenters. The van der Waals surface area contributed by atoms with Crippen molar-refractivity contribution < 1.29 is 18.7 Å². The van der Waals surface area contributed by atoms with E-state index < -0.39 is 23.7 Å². The summed E-state index contributed by atoms with van der Waals surface area (Å²) < 4.78 is 19.7. The molecule has 0 N–H and O–H groups in total. The number of rotatable bonds is 4. The summed E-state index contributed by atoms with van der Waals surface area (Å²) in [5.41, 5.74) is 3.38. The summed E-state index contributed by atoms with van der Waals surface area (Å²) in [6.07, 6.45) is 1.44. The number of hydrogen-bond donors (Lipinski definition) is 0. The minimum Gasteiger partial charge on any atom is -0.462 e.